The minimum absolute atomic E-state index is 0.241. The summed E-state index contributed by atoms with van der Waals surface area (Å²) in [4.78, 5) is 15.8. The van der Waals surface area contributed by atoms with Gasteiger partial charge in [-0.2, -0.15) is 14.3 Å². The van der Waals surface area contributed by atoms with Crippen LogP contribution >= 0.6 is 0 Å². The molecule has 4 aromatic heterocycles. The molecule has 0 amide bonds. The summed E-state index contributed by atoms with van der Waals surface area (Å²) in [5.41, 5.74) is 3.21. The standard InChI is InChI=1S/C30H40N10O3S/c1-38(2)13-3-14-39-15-11-26(37-39)25-18-32-29(16-27(25)34-23-6-4-21(20-41)5-7-23)35-28-10-12-31-30(36-28)22-17-33-40(19-22)44(42,43)24-8-9-24/h10-12,15-19,21,23-24,41H,3-9,13-14,20H2,1-2H3,(H2,31,32,34,35,36). The smallest absolute Gasteiger partial charge is 0.256 e. The largest absolute Gasteiger partial charge is 0.396 e. The summed E-state index contributed by atoms with van der Waals surface area (Å²) in [7, 11) is 0.669. The summed E-state index contributed by atoms with van der Waals surface area (Å²) in [5, 5.41) is 25.2. The quantitative estimate of drug-likeness (QED) is 0.201. The molecule has 44 heavy (non-hydrogen) atoms. The van der Waals surface area contributed by atoms with Crippen molar-refractivity contribution in [1.82, 2.24) is 38.8 Å². The molecule has 0 saturated heterocycles. The average Bonchev–Trinajstić information content (AvgIpc) is 3.58. The Morgan fingerprint density at radius 2 is 1.86 bits per heavy atom. The minimum Gasteiger partial charge on any atom is -0.396 e. The van der Waals surface area contributed by atoms with Crippen molar-refractivity contribution in [3.05, 3.63) is 49.2 Å². The lowest BCUT2D eigenvalue weighted by Crippen LogP contribution is -2.27. The van der Waals surface area contributed by atoms with E-state index in [1.54, 1.807) is 12.3 Å². The molecule has 0 bridgehead atoms. The summed E-state index contributed by atoms with van der Waals surface area (Å²) >= 11 is 0. The number of anilines is 3. The molecule has 0 atom stereocenters. The van der Waals surface area contributed by atoms with Crippen LogP contribution in [0.5, 0.6) is 0 Å². The first kappa shape index (κ1) is 30.2. The fourth-order valence-electron chi connectivity index (χ4n) is 5.51. The Labute approximate surface area is 257 Å². The van der Waals surface area contributed by atoms with E-state index in [0.717, 1.165) is 66.2 Å². The number of rotatable bonds is 13. The van der Waals surface area contributed by atoms with E-state index in [9.17, 15) is 13.5 Å². The van der Waals surface area contributed by atoms with Crippen LogP contribution in [0.2, 0.25) is 0 Å². The highest BCUT2D eigenvalue weighted by Gasteiger charge is 2.37. The van der Waals surface area contributed by atoms with Gasteiger partial charge in [-0.3, -0.25) is 4.68 Å². The second kappa shape index (κ2) is 13.0. The molecule has 0 unspecified atom stereocenters. The number of hydrogen-bond acceptors (Lipinski definition) is 11. The minimum atomic E-state index is -3.47. The Hall–Kier alpha value is -3.88. The zero-order chi connectivity index (χ0) is 30.7. The van der Waals surface area contributed by atoms with Gasteiger partial charge in [0.05, 0.1) is 28.9 Å². The molecule has 14 heteroatoms. The van der Waals surface area contributed by atoms with Crippen LogP contribution in [0.25, 0.3) is 22.6 Å². The van der Waals surface area contributed by atoms with E-state index in [4.69, 9.17) is 10.1 Å². The van der Waals surface area contributed by atoms with Crippen LogP contribution in [0, 0.1) is 5.92 Å². The van der Waals surface area contributed by atoms with E-state index in [0.29, 0.717) is 41.8 Å². The molecular formula is C30H40N10O3S. The molecule has 0 radical (unpaired) electrons. The van der Waals surface area contributed by atoms with Gasteiger partial charge in [0.2, 0.25) is 0 Å². The number of aryl methyl sites for hydroxylation is 1. The topological polar surface area (TPSA) is 156 Å². The van der Waals surface area contributed by atoms with Crippen molar-refractivity contribution in [2.45, 2.75) is 62.8 Å². The van der Waals surface area contributed by atoms with Gasteiger partial charge in [0.15, 0.2) is 5.82 Å². The summed E-state index contributed by atoms with van der Waals surface area (Å²) in [6.45, 7) is 2.07. The Morgan fingerprint density at radius 1 is 1.05 bits per heavy atom. The van der Waals surface area contributed by atoms with Crippen LogP contribution in [0.4, 0.5) is 17.3 Å². The van der Waals surface area contributed by atoms with Gasteiger partial charge in [-0.25, -0.2) is 23.4 Å². The highest BCUT2D eigenvalue weighted by atomic mass is 32.2. The Kier molecular flexibility index (Phi) is 8.91. The summed E-state index contributed by atoms with van der Waals surface area (Å²) < 4.78 is 28.1. The van der Waals surface area contributed by atoms with Crippen molar-refractivity contribution < 1.29 is 13.5 Å². The lowest BCUT2D eigenvalue weighted by atomic mass is 9.86. The van der Waals surface area contributed by atoms with Crippen molar-refractivity contribution in [3.8, 4) is 22.6 Å². The monoisotopic (exact) mass is 620 g/mol. The summed E-state index contributed by atoms with van der Waals surface area (Å²) in [6.07, 6.45) is 14.7. The van der Waals surface area contributed by atoms with Gasteiger partial charge in [-0.15, -0.1) is 0 Å². The molecule has 13 nitrogen and oxygen atoms in total. The Bertz CT molecular complexity index is 1670. The highest BCUT2D eigenvalue weighted by molar-refractivity contribution is 7.90. The predicted molar refractivity (Wildman–Crippen MR) is 169 cm³/mol. The Balaban J connectivity index is 1.22. The van der Waals surface area contributed by atoms with Gasteiger partial charge in [0.1, 0.15) is 11.6 Å². The maximum Gasteiger partial charge on any atom is 0.256 e. The maximum absolute atomic E-state index is 12.6. The molecule has 0 spiro atoms. The SMILES string of the molecule is CN(C)CCCn1ccc(-c2cnc(Nc3ccnc(-c4cnn(S(=O)(=O)C5CC5)c4)n3)cc2NC2CCC(CO)CC2)n1. The number of nitrogens with zero attached hydrogens (tertiary/aromatic N) is 8. The first-order valence-electron chi connectivity index (χ1n) is 15.2. The maximum atomic E-state index is 12.6. The third-order valence-electron chi connectivity index (χ3n) is 8.21. The van der Waals surface area contributed by atoms with Crippen LogP contribution in [0.3, 0.4) is 0 Å². The van der Waals surface area contributed by atoms with Gasteiger partial charge >= 0.3 is 0 Å². The van der Waals surface area contributed by atoms with Crippen LogP contribution in [0.1, 0.15) is 44.9 Å². The first-order chi connectivity index (χ1) is 21.3. The molecule has 0 aliphatic heterocycles. The van der Waals surface area contributed by atoms with E-state index in [1.807, 2.05) is 29.2 Å². The van der Waals surface area contributed by atoms with E-state index < -0.39 is 10.0 Å². The first-order valence-corrected chi connectivity index (χ1v) is 16.7. The van der Waals surface area contributed by atoms with Gasteiger partial charge in [0, 0.05) is 55.1 Å². The van der Waals surface area contributed by atoms with Crippen molar-refractivity contribution in [3.63, 3.8) is 0 Å². The second-order valence-electron chi connectivity index (χ2n) is 12.0. The predicted octanol–water partition coefficient (Wildman–Crippen LogP) is 3.60. The number of aliphatic hydroxyl groups is 1. The number of hydrogen-bond donors (Lipinski definition) is 3. The van der Waals surface area contributed by atoms with E-state index in [2.05, 4.69) is 44.7 Å². The fourth-order valence-corrected chi connectivity index (χ4v) is 6.99. The molecule has 3 N–H and O–H groups in total. The van der Waals surface area contributed by atoms with Crippen molar-refractivity contribution in [2.24, 2.45) is 5.92 Å². The molecule has 0 aromatic carbocycles. The van der Waals surface area contributed by atoms with Crippen LogP contribution in [-0.2, 0) is 16.6 Å². The number of aliphatic hydroxyl groups excluding tert-OH is 1. The molecule has 2 aliphatic rings. The van der Waals surface area contributed by atoms with Crippen molar-refractivity contribution >= 4 is 27.3 Å². The second-order valence-corrected chi connectivity index (χ2v) is 14.1. The lowest BCUT2D eigenvalue weighted by Gasteiger charge is -2.29. The third-order valence-corrected chi connectivity index (χ3v) is 10.2. The normalized spacial score (nSPS) is 18.9. The fraction of sp³-hybridized carbons (Fsp3) is 0.500. The number of nitrogens with one attached hydrogen (secondary N) is 2. The molecule has 6 rings (SSSR count). The molecule has 2 aliphatic carbocycles. The van der Waals surface area contributed by atoms with Crippen molar-refractivity contribution in [2.75, 3.05) is 37.9 Å². The van der Waals surface area contributed by atoms with Crippen LogP contribution < -0.4 is 10.6 Å². The van der Waals surface area contributed by atoms with Gasteiger partial charge in [-0.1, -0.05) is 0 Å². The van der Waals surface area contributed by atoms with Gasteiger partial charge in [0.25, 0.3) is 10.0 Å². The average molecular weight is 621 g/mol. The van der Waals surface area contributed by atoms with E-state index in [1.165, 1.54) is 12.4 Å². The van der Waals surface area contributed by atoms with Crippen LogP contribution in [0.15, 0.2) is 49.2 Å². The van der Waals surface area contributed by atoms with E-state index >= 15 is 0 Å². The Morgan fingerprint density at radius 3 is 2.61 bits per heavy atom. The molecule has 2 fully saturated rings. The molecule has 2 saturated carbocycles. The third kappa shape index (κ3) is 7.08. The summed E-state index contributed by atoms with van der Waals surface area (Å²) in [5.74, 6) is 1.85. The zero-order valence-electron chi connectivity index (χ0n) is 25.2. The van der Waals surface area contributed by atoms with Crippen molar-refractivity contribution in [1.29, 1.82) is 0 Å². The lowest BCUT2D eigenvalue weighted by molar-refractivity contribution is 0.186. The number of aromatic nitrogens is 7. The van der Waals surface area contributed by atoms with Gasteiger partial charge < -0.3 is 20.6 Å². The summed E-state index contributed by atoms with van der Waals surface area (Å²) in [6, 6.07) is 6.01. The van der Waals surface area contributed by atoms with Crippen LogP contribution in [-0.4, -0.2) is 90.9 Å². The highest BCUT2D eigenvalue weighted by Crippen LogP contribution is 2.33. The molecule has 4 aromatic rings. The van der Waals surface area contributed by atoms with E-state index in [-0.39, 0.29) is 17.9 Å². The number of pyridine rings is 1. The molecule has 234 valence electrons. The molecular weight excluding hydrogens is 580 g/mol. The molecule has 4 heterocycles. The van der Waals surface area contributed by atoms with Gasteiger partial charge in [-0.05, 0) is 83.6 Å². The zero-order valence-corrected chi connectivity index (χ0v) is 26.0.